The maximum Gasteiger partial charge on any atom is 0.164 e. The third kappa shape index (κ3) is 7.36. The van der Waals surface area contributed by atoms with Gasteiger partial charge in [-0.25, -0.2) is 29.9 Å². The molecule has 0 unspecified atom stereocenters. The Morgan fingerprint density at radius 2 is 0.556 bits per heavy atom. The summed E-state index contributed by atoms with van der Waals surface area (Å²) in [6.45, 7) is 13.0. The third-order valence-corrected chi connectivity index (χ3v) is 12.4. The van der Waals surface area contributed by atoms with Crippen LogP contribution in [-0.2, 0) is 0 Å². The van der Waals surface area contributed by atoms with Crippen LogP contribution in [0.25, 0.3) is 102 Å². The molecule has 0 saturated heterocycles. The summed E-state index contributed by atoms with van der Waals surface area (Å²) in [7, 11) is 0. The Morgan fingerprint density at radius 3 is 0.857 bits per heavy atom. The topological polar surface area (TPSA) is 103 Å². The first-order valence-electron chi connectivity index (χ1n) is 20.9. The minimum absolute atomic E-state index is 0.637. The van der Waals surface area contributed by atoms with Crippen molar-refractivity contribution in [3.05, 3.63) is 179 Å². The largest absolute Gasteiger partial charge is 0.208 e. The van der Waals surface area contributed by atoms with Gasteiger partial charge in [-0.15, -0.1) is 0 Å². The average molecular weight is 835 g/mol. The fourth-order valence-electron chi connectivity index (χ4n) is 8.42. The van der Waals surface area contributed by atoms with E-state index in [2.05, 4.69) is 65.8 Å². The van der Waals surface area contributed by atoms with Crippen LogP contribution < -0.4 is 0 Å². The zero-order valence-electron chi connectivity index (χ0n) is 35.8. The van der Waals surface area contributed by atoms with Crippen molar-refractivity contribution in [2.75, 3.05) is 0 Å². The molecule has 7 aromatic carbocycles. The predicted octanol–water partition coefficient (Wildman–Crippen LogP) is 13.2. The monoisotopic (exact) mass is 834 g/mol. The second kappa shape index (κ2) is 16.3. The van der Waals surface area contributed by atoms with Crippen molar-refractivity contribution in [1.82, 2.24) is 38.7 Å². The van der Waals surface area contributed by atoms with E-state index in [1.807, 2.05) is 121 Å². The molecule has 0 fully saturated rings. The van der Waals surface area contributed by atoms with Crippen molar-refractivity contribution in [2.24, 2.45) is 0 Å². The summed E-state index contributed by atoms with van der Waals surface area (Å²) in [5.74, 6) is 3.82. The van der Waals surface area contributed by atoms with Crippen molar-refractivity contribution >= 4 is 22.8 Å². The maximum absolute atomic E-state index is 5.05. The van der Waals surface area contributed by atoms with Gasteiger partial charge in [-0.05, 0) is 98.2 Å². The van der Waals surface area contributed by atoms with Crippen LogP contribution in [0, 0.1) is 41.5 Å². The molecule has 8 nitrogen and oxygen atoms in total. The molecule has 0 saturated carbocycles. The Morgan fingerprint density at radius 1 is 0.302 bits per heavy atom. The van der Waals surface area contributed by atoms with Gasteiger partial charge in [0, 0.05) is 44.5 Å². The lowest BCUT2D eigenvalue weighted by Crippen LogP contribution is -2.03. The number of aromatic nitrogens is 8. The second-order valence-electron chi connectivity index (χ2n) is 16.0. The number of rotatable bonds is 8. The molecule has 0 aliphatic carbocycles. The molecular formula is C54H42N8S. The van der Waals surface area contributed by atoms with Gasteiger partial charge in [0.05, 0.1) is 11.7 Å². The number of benzene rings is 7. The van der Waals surface area contributed by atoms with Crippen molar-refractivity contribution in [3.8, 4) is 90.6 Å². The van der Waals surface area contributed by atoms with Crippen molar-refractivity contribution < 1.29 is 0 Å². The summed E-state index contributed by atoms with van der Waals surface area (Å²) in [6.07, 6.45) is 0. The molecule has 0 aliphatic rings. The quantitative estimate of drug-likeness (QED) is 0.149. The Bertz CT molecular complexity index is 3000. The summed E-state index contributed by atoms with van der Waals surface area (Å²) >= 11 is 1.25. The summed E-state index contributed by atoms with van der Waals surface area (Å²) < 4.78 is 9.98. The summed E-state index contributed by atoms with van der Waals surface area (Å²) in [4.78, 5) is 30.0. The molecule has 3 aromatic heterocycles. The van der Waals surface area contributed by atoms with Crippen molar-refractivity contribution in [3.63, 3.8) is 0 Å². The minimum Gasteiger partial charge on any atom is -0.208 e. The maximum atomic E-state index is 5.05. The molecular weight excluding hydrogens is 793 g/mol. The van der Waals surface area contributed by atoms with Gasteiger partial charge in [0.1, 0.15) is 11.0 Å². The van der Waals surface area contributed by atoms with Crippen LogP contribution >= 0.6 is 11.7 Å². The normalized spacial score (nSPS) is 11.3. The van der Waals surface area contributed by atoms with Crippen LogP contribution in [0.2, 0.25) is 0 Å². The molecule has 3 heterocycles. The molecule has 0 amide bonds. The summed E-state index contributed by atoms with van der Waals surface area (Å²) in [5.41, 5.74) is 18.5. The van der Waals surface area contributed by atoms with Gasteiger partial charge in [-0.3, -0.25) is 0 Å². The van der Waals surface area contributed by atoms with Gasteiger partial charge >= 0.3 is 0 Å². The highest BCUT2D eigenvalue weighted by Gasteiger charge is 2.25. The first kappa shape index (κ1) is 39.5. The molecule has 63 heavy (non-hydrogen) atoms. The lowest BCUT2D eigenvalue weighted by molar-refractivity contribution is 1.07. The summed E-state index contributed by atoms with van der Waals surface area (Å²) in [5, 5.41) is 0. The highest BCUT2D eigenvalue weighted by molar-refractivity contribution is 7.00. The molecule has 0 atom stereocenters. The fourth-order valence-corrected chi connectivity index (χ4v) is 8.98. The lowest BCUT2D eigenvalue weighted by Gasteiger charge is -2.20. The Hall–Kier alpha value is -7.62. The lowest BCUT2D eigenvalue weighted by atomic mass is 9.84. The molecule has 10 aromatic rings. The fraction of sp³-hybridized carbons (Fsp3) is 0.111. The molecule has 0 radical (unpaired) electrons. The van der Waals surface area contributed by atoms with E-state index < -0.39 is 0 Å². The van der Waals surface area contributed by atoms with E-state index >= 15 is 0 Å². The van der Waals surface area contributed by atoms with Gasteiger partial charge in [-0.1, -0.05) is 133 Å². The van der Waals surface area contributed by atoms with Gasteiger partial charge in [0.15, 0.2) is 34.9 Å². The first-order valence-corrected chi connectivity index (χ1v) is 21.7. The van der Waals surface area contributed by atoms with E-state index in [-0.39, 0.29) is 0 Å². The van der Waals surface area contributed by atoms with E-state index in [1.165, 1.54) is 11.7 Å². The van der Waals surface area contributed by atoms with Crippen LogP contribution in [0.3, 0.4) is 0 Å². The van der Waals surface area contributed by atoms with Gasteiger partial charge in [-0.2, -0.15) is 8.75 Å². The van der Waals surface area contributed by atoms with Crippen LogP contribution in [0.15, 0.2) is 146 Å². The number of hydrogen-bond acceptors (Lipinski definition) is 9. The average Bonchev–Trinajstić information content (AvgIpc) is 3.81. The predicted molar refractivity (Wildman–Crippen MR) is 256 cm³/mol. The van der Waals surface area contributed by atoms with Crippen LogP contribution in [0.5, 0.6) is 0 Å². The van der Waals surface area contributed by atoms with Crippen LogP contribution in [-0.4, -0.2) is 38.7 Å². The van der Waals surface area contributed by atoms with Crippen molar-refractivity contribution in [2.45, 2.75) is 41.5 Å². The van der Waals surface area contributed by atoms with Gasteiger partial charge in [0.25, 0.3) is 0 Å². The first-order chi connectivity index (χ1) is 30.7. The standard InChI is InChI=1S/C54H42N8S/c1-31-29-43(53-57-49(37-19-11-7-12-20-37)55-50(58-53)38-21-13-8-14-22-38)33(3)27-41(31)45-35(5)36(6)46(48-47(45)61-63-62-48)42-28-34(4)44(30-32(42)2)54-59-51(39-23-15-9-16-24-39)56-52(60-54)40-25-17-10-18-26-40/h7-30H,1-6H3. The Balaban J connectivity index is 1.07. The number of fused-ring (bicyclic) bond motifs is 1. The molecule has 304 valence electrons. The van der Waals surface area contributed by atoms with Crippen LogP contribution in [0.4, 0.5) is 0 Å². The summed E-state index contributed by atoms with van der Waals surface area (Å²) in [6, 6.07) is 49.3. The molecule has 10 rings (SSSR count). The molecule has 9 heteroatoms. The van der Waals surface area contributed by atoms with Gasteiger partial charge in [0.2, 0.25) is 0 Å². The highest BCUT2D eigenvalue weighted by Crippen LogP contribution is 2.44. The van der Waals surface area contributed by atoms with E-state index in [0.29, 0.717) is 34.9 Å². The molecule has 0 N–H and O–H groups in total. The van der Waals surface area contributed by atoms with E-state index in [9.17, 15) is 0 Å². The SMILES string of the molecule is Cc1cc(-c2c(C)c(C)c(-c3cc(C)c(-c4nc(-c5ccccc5)nc(-c5ccccc5)n4)cc3C)c3nsnc23)c(C)cc1-c1nc(-c2ccccc2)nc(-c2ccccc2)n1. The van der Waals surface area contributed by atoms with E-state index in [0.717, 1.165) is 100 Å². The van der Waals surface area contributed by atoms with Gasteiger partial charge < -0.3 is 0 Å². The van der Waals surface area contributed by atoms with Crippen molar-refractivity contribution in [1.29, 1.82) is 0 Å². The van der Waals surface area contributed by atoms with Crippen LogP contribution in [0.1, 0.15) is 33.4 Å². The van der Waals surface area contributed by atoms with E-state index in [1.54, 1.807) is 0 Å². The Labute approximate surface area is 370 Å². The highest BCUT2D eigenvalue weighted by atomic mass is 32.1. The Kier molecular flexibility index (Phi) is 10.2. The zero-order valence-corrected chi connectivity index (χ0v) is 36.7. The second-order valence-corrected chi connectivity index (χ2v) is 16.5. The number of hydrogen-bond donors (Lipinski definition) is 0. The molecule has 0 spiro atoms. The molecule has 0 bridgehead atoms. The number of aryl methyl sites for hydroxylation is 4. The molecule has 0 aliphatic heterocycles. The minimum atomic E-state index is 0.637. The van der Waals surface area contributed by atoms with E-state index in [4.69, 9.17) is 38.7 Å². The number of nitrogens with zero attached hydrogens (tertiary/aromatic N) is 8. The zero-order chi connectivity index (χ0) is 43.2. The smallest absolute Gasteiger partial charge is 0.164 e. The third-order valence-electron chi connectivity index (χ3n) is 11.8.